The zero-order valence-electron chi connectivity index (χ0n) is 16.0. The third kappa shape index (κ3) is 5.26. The third-order valence-electron chi connectivity index (χ3n) is 5.11. The minimum absolute atomic E-state index is 0.0568. The first-order valence-electron chi connectivity index (χ1n) is 9.41. The van der Waals surface area contributed by atoms with Crippen LogP contribution in [0.25, 0.3) is 0 Å². The van der Waals surface area contributed by atoms with Crippen molar-refractivity contribution in [1.82, 2.24) is 5.32 Å². The lowest BCUT2D eigenvalue weighted by atomic mass is 10.1. The van der Waals surface area contributed by atoms with E-state index in [1.165, 1.54) is 24.3 Å². The predicted molar refractivity (Wildman–Crippen MR) is 104 cm³/mol. The molecule has 1 saturated heterocycles. The van der Waals surface area contributed by atoms with Gasteiger partial charge >= 0.3 is 0 Å². The van der Waals surface area contributed by atoms with Crippen LogP contribution in [0.3, 0.4) is 0 Å². The van der Waals surface area contributed by atoms with Gasteiger partial charge in [-0.25, -0.2) is 8.78 Å². The minimum Gasteiger partial charge on any atom is -0.360 e. The number of nitrogens with one attached hydrogen (secondary N) is 2. The number of halogens is 2. The second kappa shape index (κ2) is 8.95. The molecule has 154 valence electrons. The number of piperazine rings is 1. The first-order valence-corrected chi connectivity index (χ1v) is 9.41. The molecule has 2 aromatic rings. The van der Waals surface area contributed by atoms with Gasteiger partial charge in [0.25, 0.3) is 11.6 Å². The molecule has 1 aliphatic heterocycles. The third-order valence-corrected chi connectivity index (χ3v) is 5.11. The minimum atomic E-state index is -0.679. The Balaban J connectivity index is 1.48. The number of anilines is 1. The maximum atomic E-state index is 13.8. The van der Waals surface area contributed by atoms with Gasteiger partial charge in [-0.3, -0.25) is 14.9 Å². The number of benzene rings is 2. The van der Waals surface area contributed by atoms with Crippen LogP contribution < -0.4 is 15.1 Å². The molecule has 9 heteroatoms. The Morgan fingerprint density at radius 1 is 1.21 bits per heavy atom. The van der Waals surface area contributed by atoms with Crippen molar-refractivity contribution in [2.75, 3.05) is 37.6 Å². The standard InChI is InChI=1S/C20H22F2N4O3/c1-14(18-7-2-15(21)12-19(18)22)23-20(27)13-24-8-10-25(11-9-24)16-3-5-17(6-4-16)26(28)29/h2-7,12,14H,8-11,13H2,1H3,(H,23,27)/p+1/t14-/m1/s1. The van der Waals surface area contributed by atoms with E-state index in [2.05, 4.69) is 10.2 Å². The number of nitro benzene ring substituents is 1. The molecule has 29 heavy (non-hydrogen) atoms. The molecule has 1 amide bonds. The van der Waals surface area contributed by atoms with Gasteiger partial charge in [-0.1, -0.05) is 6.07 Å². The average Bonchev–Trinajstić information content (AvgIpc) is 2.68. The van der Waals surface area contributed by atoms with E-state index in [9.17, 15) is 23.7 Å². The molecule has 0 aliphatic carbocycles. The quantitative estimate of drug-likeness (QED) is 0.563. The monoisotopic (exact) mass is 405 g/mol. The van der Waals surface area contributed by atoms with Crippen LogP contribution in [0.1, 0.15) is 18.5 Å². The largest absolute Gasteiger partial charge is 0.360 e. The average molecular weight is 405 g/mol. The van der Waals surface area contributed by atoms with Gasteiger partial charge in [0.1, 0.15) is 11.6 Å². The van der Waals surface area contributed by atoms with E-state index in [-0.39, 0.29) is 23.7 Å². The Kier molecular flexibility index (Phi) is 6.38. The highest BCUT2D eigenvalue weighted by Crippen LogP contribution is 2.19. The molecule has 1 atom stereocenters. The number of hydrogen-bond donors (Lipinski definition) is 2. The number of quaternary nitrogens is 1. The van der Waals surface area contributed by atoms with Crippen molar-refractivity contribution in [2.24, 2.45) is 0 Å². The zero-order valence-corrected chi connectivity index (χ0v) is 16.0. The molecule has 3 rings (SSSR count). The Bertz CT molecular complexity index is 884. The molecule has 1 heterocycles. The highest BCUT2D eigenvalue weighted by molar-refractivity contribution is 5.77. The fourth-order valence-electron chi connectivity index (χ4n) is 3.49. The lowest BCUT2D eigenvalue weighted by molar-refractivity contribution is -0.892. The van der Waals surface area contributed by atoms with Gasteiger partial charge in [0.2, 0.25) is 0 Å². The summed E-state index contributed by atoms with van der Waals surface area (Å²) in [6, 6.07) is 9.19. The Labute approximate surface area is 167 Å². The van der Waals surface area contributed by atoms with Crippen LogP contribution in [-0.2, 0) is 4.79 Å². The smallest absolute Gasteiger partial charge is 0.275 e. The van der Waals surface area contributed by atoms with E-state index in [1.54, 1.807) is 19.1 Å². The predicted octanol–water partition coefficient (Wildman–Crippen LogP) is 1.46. The summed E-state index contributed by atoms with van der Waals surface area (Å²) in [7, 11) is 0. The zero-order chi connectivity index (χ0) is 21.0. The Hall–Kier alpha value is -3.07. The molecule has 2 N–H and O–H groups in total. The first kappa shape index (κ1) is 20.7. The molecule has 2 aromatic carbocycles. The Morgan fingerprint density at radius 2 is 1.86 bits per heavy atom. The van der Waals surface area contributed by atoms with E-state index < -0.39 is 22.6 Å². The maximum Gasteiger partial charge on any atom is 0.275 e. The summed E-state index contributed by atoms with van der Waals surface area (Å²) in [5, 5.41) is 13.5. The van der Waals surface area contributed by atoms with Crippen LogP contribution in [0, 0.1) is 21.7 Å². The number of hydrogen-bond acceptors (Lipinski definition) is 4. The molecule has 0 unspecified atom stereocenters. The molecule has 0 spiro atoms. The number of amides is 1. The van der Waals surface area contributed by atoms with Crippen LogP contribution >= 0.6 is 0 Å². The van der Waals surface area contributed by atoms with Crippen molar-refractivity contribution in [3.05, 3.63) is 69.8 Å². The highest BCUT2D eigenvalue weighted by Gasteiger charge is 2.24. The normalized spacial score (nSPS) is 15.8. The van der Waals surface area contributed by atoms with Crippen LogP contribution in [0.2, 0.25) is 0 Å². The topological polar surface area (TPSA) is 79.9 Å². The number of non-ortho nitro benzene ring substituents is 1. The second-order valence-electron chi connectivity index (χ2n) is 7.14. The molecule has 0 aromatic heterocycles. The second-order valence-corrected chi connectivity index (χ2v) is 7.14. The molecule has 1 aliphatic rings. The number of nitrogens with zero attached hydrogens (tertiary/aromatic N) is 2. The van der Waals surface area contributed by atoms with Gasteiger partial charge in [0, 0.05) is 29.4 Å². The maximum absolute atomic E-state index is 13.8. The van der Waals surface area contributed by atoms with E-state index >= 15 is 0 Å². The SMILES string of the molecule is C[C@@H](NC(=O)C[NH+]1CCN(c2ccc([N+](=O)[O-])cc2)CC1)c1ccc(F)cc1F. The number of rotatable bonds is 6. The molecule has 0 bridgehead atoms. The van der Waals surface area contributed by atoms with Crippen molar-refractivity contribution < 1.29 is 23.4 Å². The molecular weight excluding hydrogens is 382 g/mol. The molecule has 1 fully saturated rings. The number of carbonyl (C=O) groups excluding carboxylic acids is 1. The lowest BCUT2D eigenvalue weighted by Crippen LogP contribution is -3.15. The van der Waals surface area contributed by atoms with Crippen molar-refractivity contribution >= 4 is 17.3 Å². The van der Waals surface area contributed by atoms with Crippen LogP contribution in [0.15, 0.2) is 42.5 Å². The highest BCUT2D eigenvalue weighted by atomic mass is 19.1. The summed E-state index contributed by atoms with van der Waals surface area (Å²) >= 11 is 0. The van der Waals surface area contributed by atoms with Gasteiger partial charge in [0.05, 0.1) is 37.1 Å². The van der Waals surface area contributed by atoms with Crippen molar-refractivity contribution in [3.8, 4) is 0 Å². The van der Waals surface area contributed by atoms with E-state index in [1.807, 2.05) is 0 Å². The van der Waals surface area contributed by atoms with Crippen molar-refractivity contribution in [3.63, 3.8) is 0 Å². The fourth-order valence-corrected chi connectivity index (χ4v) is 3.49. The van der Waals surface area contributed by atoms with Crippen molar-refractivity contribution in [1.29, 1.82) is 0 Å². The van der Waals surface area contributed by atoms with Gasteiger partial charge in [-0.15, -0.1) is 0 Å². The summed E-state index contributed by atoms with van der Waals surface area (Å²) in [6.45, 7) is 4.86. The van der Waals surface area contributed by atoms with Crippen LogP contribution in [0.5, 0.6) is 0 Å². The molecule has 0 radical (unpaired) electrons. The lowest BCUT2D eigenvalue weighted by Gasteiger charge is -2.33. The van der Waals surface area contributed by atoms with Crippen LogP contribution in [-0.4, -0.2) is 43.6 Å². The number of carbonyl (C=O) groups is 1. The fraction of sp³-hybridized carbons (Fsp3) is 0.350. The summed E-state index contributed by atoms with van der Waals surface area (Å²) < 4.78 is 26.9. The molecular formula is C20H23F2N4O3+. The Morgan fingerprint density at radius 3 is 2.45 bits per heavy atom. The van der Waals surface area contributed by atoms with Gasteiger partial charge < -0.3 is 15.1 Å². The van der Waals surface area contributed by atoms with Crippen LogP contribution in [0.4, 0.5) is 20.2 Å². The van der Waals surface area contributed by atoms with Gasteiger partial charge in [-0.05, 0) is 25.1 Å². The molecule has 7 nitrogen and oxygen atoms in total. The van der Waals surface area contributed by atoms with E-state index in [0.29, 0.717) is 0 Å². The summed E-state index contributed by atoms with van der Waals surface area (Å²) in [5.74, 6) is -1.53. The summed E-state index contributed by atoms with van der Waals surface area (Å²) in [6.07, 6.45) is 0. The van der Waals surface area contributed by atoms with E-state index in [4.69, 9.17) is 0 Å². The van der Waals surface area contributed by atoms with E-state index in [0.717, 1.165) is 42.8 Å². The molecule has 0 saturated carbocycles. The number of nitro groups is 1. The summed E-state index contributed by atoms with van der Waals surface area (Å²) in [4.78, 5) is 25.9. The summed E-state index contributed by atoms with van der Waals surface area (Å²) in [5.41, 5.74) is 1.22. The van der Waals surface area contributed by atoms with Crippen molar-refractivity contribution in [2.45, 2.75) is 13.0 Å². The first-order chi connectivity index (χ1) is 13.8. The van der Waals surface area contributed by atoms with Gasteiger partial charge in [-0.2, -0.15) is 0 Å². The van der Waals surface area contributed by atoms with Gasteiger partial charge in [0.15, 0.2) is 6.54 Å².